The monoisotopic (exact) mass is 395 g/mol. The molecule has 0 fully saturated rings. The Morgan fingerprint density at radius 1 is 1.25 bits per heavy atom. The molecule has 1 N–H and O–H groups in total. The number of hydrogen-bond donors (Lipinski definition) is 2. The van der Waals surface area contributed by atoms with E-state index >= 15 is 0 Å². The minimum absolute atomic E-state index is 0.0287. The van der Waals surface area contributed by atoms with Gasteiger partial charge >= 0.3 is 0 Å². The van der Waals surface area contributed by atoms with E-state index in [1.165, 1.54) is 0 Å². The fraction of sp³-hybridized carbons (Fsp3) is 0.238. The molecule has 6 nitrogen and oxygen atoms in total. The maximum atomic E-state index is 12.5. The Labute approximate surface area is 169 Å². The van der Waals surface area contributed by atoms with Crippen molar-refractivity contribution < 1.29 is 14.3 Å². The number of anilines is 1. The maximum Gasteiger partial charge on any atom is 0.266 e. The predicted molar refractivity (Wildman–Crippen MR) is 110 cm³/mol. The van der Waals surface area contributed by atoms with Gasteiger partial charge in [0.15, 0.2) is 11.5 Å². The maximum absolute atomic E-state index is 12.5. The molecule has 1 heterocycles. The molecule has 0 radical (unpaired) electrons. The lowest BCUT2D eigenvalue weighted by molar-refractivity contribution is -0.118. The van der Waals surface area contributed by atoms with Gasteiger partial charge < -0.3 is 19.7 Å². The zero-order valence-electron chi connectivity index (χ0n) is 15.9. The number of carbonyl (C=O) groups excluding carboxylic acids is 1. The molecule has 0 unspecified atom stereocenters. The number of aryl methyl sites for hydroxylation is 1. The van der Waals surface area contributed by atoms with E-state index in [1.807, 2.05) is 61.2 Å². The first-order valence-corrected chi connectivity index (χ1v) is 9.25. The van der Waals surface area contributed by atoms with Gasteiger partial charge in [0.1, 0.15) is 17.8 Å². The lowest BCUT2D eigenvalue weighted by atomic mass is 10.1. The van der Waals surface area contributed by atoms with Crippen molar-refractivity contribution in [2.45, 2.75) is 20.0 Å². The number of thiol groups is 1. The molecule has 2 aromatic carbocycles. The van der Waals surface area contributed by atoms with Crippen LogP contribution >= 0.6 is 12.6 Å². The van der Waals surface area contributed by atoms with E-state index in [-0.39, 0.29) is 5.57 Å². The summed E-state index contributed by atoms with van der Waals surface area (Å²) in [6, 6.07) is 15.2. The molecule has 7 heteroatoms. The summed E-state index contributed by atoms with van der Waals surface area (Å²) < 4.78 is 11.0. The number of methoxy groups -OCH3 is 1. The van der Waals surface area contributed by atoms with Crippen LogP contribution in [0.5, 0.6) is 11.5 Å². The second-order valence-corrected chi connectivity index (χ2v) is 6.66. The normalized spacial score (nSPS) is 16.5. The van der Waals surface area contributed by atoms with Crippen LogP contribution in [0.1, 0.15) is 24.2 Å². The molecule has 1 aliphatic rings. The second kappa shape index (κ2) is 8.28. The summed E-state index contributed by atoms with van der Waals surface area (Å²) in [5.74, 6) is 0.722. The number of nitrogens with zero attached hydrogens (tertiary/aromatic N) is 2. The lowest BCUT2D eigenvalue weighted by Crippen LogP contribution is -2.46. The van der Waals surface area contributed by atoms with Gasteiger partial charge in [-0.25, -0.2) is 0 Å². The molecule has 1 atom stereocenters. The SMILES string of the molecule is CCOc1ccc([C@H]2NC(=O)C(C#N)=C(S)N2c2cccc(C)c2)cc1OC. The largest absolute Gasteiger partial charge is 0.493 e. The fourth-order valence-electron chi connectivity index (χ4n) is 3.12. The van der Waals surface area contributed by atoms with Crippen LogP contribution in [0.3, 0.4) is 0 Å². The highest BCUT2D eigenvalue weighted by Gasteiger charge is 2.34. The highest BCUT2D eigenvalue weighted by molar-refractivity contribution is 7.84. The van der Waals surface area contributed by atoms with E-state index in [0.29, 0.717) is 23.1 Å². The van der Waals surface area contributed by atoms with E-state index in [0.717, 1.165) is 16.8 Å². The second-order valence-electron chi connectivity index (χ2n) is 6.24. The number of amides is 1. The number of carbonyl (C=O) groups is 1. The molecular weight excluding hydrogens is 374 g/mol. The molecular formula is C21H21N3O3S. The van der Waals surface area contributed by atoms with Crippen LogP contribution < -0.4 is 19.7 Å². The van der Waals surface area contributed by atoms with Crippen molar-refractivity contribution in [2.24, 2.45) is 0 Å². The van der Waals surface area contributed by atoms with Gasteiger partial charge in [-0.15, -0.1) is 12.6 Å². The lowest BCUT2D eigenvalue weighted by Gasteiger charge is -2.38. The van der Waals surface area contributed by atoms with Crippen molar-refractivity contribution in [1.82, 2.24) is 5.32 Å². The quantitative estimate of drug-likeness (QED) is 0.755. The van der Waals surface area contributed by atoms with Gasteiger partial charge in [-0.2, -0.15) is 5.26 Å². The summed E-state index contributed by atoms with van der Waals surface area (Å²) in [6.07, 6.45) is -0.552. The molecule has 0 aromatic heterocycles. The van der Waals surface area contributed by atoms with Gasteiger partial charge in [0.2, 0.25) is 0 Å². The van der Waals surface area contributed by atoms with Crippen molar-refractivity contribution >= 4 is 24.2 Å². The molecule has 1 aliphatic heterocycles. The molecule has 3 rings (SSSR count). The van der Waals surface area contributed by atoms with Crippen molar-refractivity contribution in [3.05, 3.63) is 64.2 Å². The predicted octanol–water partition coefficient (Wildman–Crippen LogP) is 3.70. The van der Waals surface area contributed by atoms with Crippen LogP contribution in [0.4, 0.5) is 5.69 Å². The zero-order valence-corrected chi connectivity index (χ0v) is 16.8. The molecule has 1 amide bonds. The highest BCUT2D eigenvalue weighted by atomic mass is 32.1. The van der Waals surface area contributed by atoms with Crippen LogP contribution in [-0.4, -0.2) is 19.6 Å². The molecule has 144 valence electrons. The molecule has 2 aromatic rings. The van der Waals surface area contributed by atoms with Crippen molar-refractivity contribution in [1.29, 1.82) is 5.26 Å². The molecule has 0 bridgehead atoms. The van der Waals surface area contributed by atoms with Gasteiger partial charge in [-0.05, 0) is 49.2 Å². The number of rotatable bonds is 5. The first-order chi connectivity index (χ1) is 13.5. The first kappa shape index (κ1) is 19.6. The first-order valence-electron chi connectivity index (χ1n) is 8.81. The van der Waals surface area contributed by atoms with Gasteiger partial charge in [0.05, 0.1) is 18.7 Å². The topological polar surface area (TPSA) is 74.6 Å². The van der Waals surface area contributed by atoms with Crippen LogP contribution in [0.25, 0.3) is 0 Å². The molecule has 0 aliphatic carbocycles. The van der Waals surface area contributed by atoms with Crippen LogP contribution in [-0.2, 0) is 4.79 Å². The van der Waals surface area contributed by atoms with Crippen molar-refractivity contribution in [2.75, 3.05) is 18.6 Å². The molecule has 0 spiro atoms. The Kier molecular flexibility index (Phi) is 5.81. The molecule has 0 saturated heterocycles. The standard InChI is InChI=1S/C21H21N3O3S/c1-4-27-17-9-8-14(11-18(17)26-3)19-23-20(25)16(12-22)21(28)24(19)15-7-5-6-13(2)10-15/h5-11,19,28H,4H2,1-3H3,(H,23,25)/t19-/m0/s1. The Morgan fingerprint density at radius 2 is 2.04 bits per heavy atom. The van der Waals surface area contributed by atoms with Crippen molar-refractivity contribution in [3.8, 4) is 17.6 Å². The summed E-state index contributed by atoms with van der Waals surface area (Å²) >= 11 is 4.51. The summed E-state index contributed by atoms with van der Waals surface area (Å²) in [4.78, 5) is 14.3. The summed E-state index contributed by atoms with van der Waals surface area (Å²) in [5, 5.41) is 12.6. The number of hydrogen-bond acceptors (Lipinski definition) is 6. The number of nitrogens with one attached hydrogen (secondary N) is 1. The van der Waals surface area contributed by atoms with Gasteiger partial charge in [-0.3, -0.25) is 4.79 Å². The van der Waals surface area contributed by atoms with Crippen LogP contribution in [0.15, 0.2) is 53.1 Å². The van der Waals surface area contributed by atoms with Crippen molar-refractivity contribution in [3.63, 3.8) is 0 Å². The highest BCUT2D eigenvalue weighted by Crippen LogP contribution is 2.38. The number of ether oxygens (including phenoxy) is 2. The Hall–Kier alpha value is -3.11. The van der Waals surface area contributed by atoms with Crippen LogP contribution in [0.2, 0.25) is 0 Å². The van der Waals surface area contributed by atoms with Gasteiger partial charge in [-0.1, -0.05) is 18.2 Å². The summed E-state index contributed by atoms with van der Waals surface area (Å²) in [6.45, 7) is 4.39. The Morgan fingerprint density at radius 3 is 2.68 bits per heavy atom. The van der Waals surface area contributed by atoms with E-state index in [2.05, 4.69) is 17.9 Å². The third-order valence-electron chi connectivity index (χ3n) is 4.40. The third-order valence-corrected chi connectivity index (χ3v) is 4.84. The van der Waals surface area contributed by atoms with E-state index < -0.39 is 12.1 Å². The number of benzene rings is 2. The average Bonchev–Trinajstić information content (AvgIpc) is 2.68. The van der Waals surface area contributed by atoms with E-state index in [1.54, 1.807) is 13.2 Å². The minimum atomic E-state index is -0.552. The Bertz CT molecular complexity index is 981. The van der Waals surface area contributed by atoms with Gasteiger partial charge in [0, 0.05) is 5.69 Å². The van der Waals surface area contributed by atoms with Gasteiger partial charge in [0.25, 0.3) is 5.91 Å². The summed E-state index contributed by atoms with van der Waals surface area (Å²) in [7, 11) is 1.57. The van der Waals surface area contributed by atoms with Crippen LogP contribution in [0, 0.1) is 18.3 Å². The summed E-state index contributed by atoms with van der Waals surface area (Å²) in [5.41, 5.74) is 2.62. The minimum Gasteiger partial charge on any atom is -0.493 e. The van der Waals surface area contributed by atoms with E-state index in [9.17, 15) is 10.1 Å². The number of nitriles is 1. The van der Waals surface area contributed by atoms with E-state index in [4.69, 9.17) is 9.47 Å². The average molecular weight is 395 g/mol. The molecule has 28 heavy (non-hydrogen) atoms. The third kappa shape index (κ3) is 3.64. The molecule has 0 saturated carbocycles. The smallest absolute Gasteiger partial charge is 0.266 e. The Balaban J connectivity index is 2.14. The fourth-order valence-corrected chi connectivity index (χ4v) is 3.50. The zero-order chi connectivity index (χ0) is 20.3.